The maximum Gasteiger partial charge on any atom is -0.0113 e. The lowest BCUT2D eigenvalue weighted by molar-refractivity contribution is -0.235. The molecular weight excluding hydrogens is 300 g/mol. The minimum atomic E-state index is 0.279. The van der Waals surface area contributed by atoms with Crippen LogP contribution >= 0.6 is 0 Å². The molecule has 25 heavy (non-hydrogen) atoms. The van der Waals surface area contributed by atoms with Gasteiger partial charge in [0, 0.05) is 0 Å². The van der Waals surface area contributed by atoms with Crippen molar-refractivity contribution in [3.63, 3.8) is 0 Å². The molecule has 3 atom stereocenters. The van der Waals surface area contributed by atoms with Gasteiger partial charge in [-0.3, -0.25) is 0 Å². The first-order valence-corrected chi connectivity index (χ1v) is 11.2. The molecule has 0 amide bonds. The highest BCUT2D eigenvalue weighted by Crippen LogP contribution is 2.74. The molecule has 0 aromatic carbocycles. The lowest BCUT2D eigenvalue weighted by Crippen LogP contribution is -2.65. The van der Waals surface area contributed by atoms with Crippen LogP contribution in [0.15, 0.2) is 0 Å². The zero-order valence-corrected chi connectivity index (χ0v) is 19.9. The van der Waals surface area contributed by atoms with E-state index in [2.05, 4.69) is 83.1 Å². The summed E-state index contributed by atoms with van der Waals surface area (Å²) in [4.78, 5) is 0. The highest BCUT2D eigenvalue weighted by molar-refractivity contribution is 5.16. The van der Waals surface area contributed by atoms with Crippen molar-refractivity contribution in [1.82, 2.24) is 0 Å². The summed E-state index contributed by atoms with van der Waals surface area (Å²) in [6, 6.07) is 0. The lowest BCUT2D eigenvalue weighted by atomic mass is 9.33. The average Bonchev–Trinajstić information content (AvgIpc) is 2.53. The Kier molecular flexibility index (Phi) is 6.63. The van der Waals surface area contributed by atoms with Gasteiger partial charge >= 0.3 is 0 Å². The molecule has 1 saturated carbocycles. The Balaban J connectivity index is 3.93. The quantitative estimate of drug-likeness (QED) is 0.435. The molecule has 0 bridgehead atoms. The highest BCUT2D eigenvalue weighted by Gasteiger charge is 2.68. The van der Waals surface area contributed by atoms with Crippen LogP contribution in [0.5, 0.6) is 0 Å². The number of rotatable bonds is 5. The van der Waals surface area contributed by atoms with Crippen molar-refractivity contribution in [3.05, 3.63) is 0 Å². The molecule has 1 rings (SSSR count). The number of hydrogen-bond donors (Lipinski definition) is 0. The maximum absolute atomic E-state index is 2.62. The summed E-state index contributed by atoms with van der Waals surface area (Å²) in [5.74, 6) is 1.54. The third-order valence-corrected chi connectivity index (χ3v) is 8.81. The van der Waals surface area contributed by atoms with Gasteiger partial charge in [0.15, 0.2) is 0 Å². The van der Waals surface area contributed by atoms with Crippen molar-refractivity contribution in [2.45, 2.75) is 122 Å². The summed E-state index contributed by atoms with van der Waals surface area (Å²) < 4.78 is 0. The summed E-state index contributed by atoms with van der Waals surface area (Å²) in [6.45, 7) is 30.5. The standard InChI is InChI=1S/C25H50/c1-13-22(9,10)25(19(3)4,21(6,7)8)24(14-2)17-15-16-20(5)18-23(24,11)12/h19-20H,13-18H2,1-12H3. The largest absolute Gasteiger partial charge is 0.0649 e. The molecule has 0 heterocycles. The van der Waals surface area contributed by atoms with Crippen LogP contribution in [0.2, 0.25) is 0 Å². The fraction of sp³-hybridized carbons (Fsp3) is 1.00. The van der Waals surface area contributed by atoms with Crippen LogP contribution in [0.25, 0.3) is 0 Å². The van der Waals surface area contributed by atoms with E-state index >= 15 is 0 Å². The molecule has 150 valence electrons. The third-order valence-electron chi connectivity index (χ3n) is 8.81. The van der Waals surface area contributed by atoms with Crippen molar-refractivity contribution in [2.75, 3.05) is 0 Å². The molecule has 0 radical (unpaired) electrons. The second-order valence-electron chi connectivity index (χ2n) is 12.0. The maximum atomic E-state index is 2.62. The van der Waals surface area contributed by atoms with Gasteiger partial charge in [0.1, 0.15) is 0 Å². The van der Waals surface area contributed by atoms with Crippen molar-refractivity contribution in [3.8, 4) is 0 Å². The smallest absolute Gasteiger partial charge is 0.0113 e. The minimum absolute atomic E-state index is 0.279. The summed E-state index contributed by atoms with van der Waals surface area (Å²) >= 11 is 0. The summed E-state index contributed by atoms with van der Waals surface area (Å²) in [5.41, 5.74) is 1.67. The predicted molar refractivity (Wildman–Crippen MR) is 115 cm³/mol. The molecular formula is C25H50. The molecule has 0 aromatic heterocycles. The Bertz CT molecular complexity index is 433. The van der Waals surface area contributed by atoms with Crippen molar-refractivity contribution >= 4 is 0 Å². The van der Waals surface area contributed by atoms with Gasteiger partial charge in [0.05, 0.1) is 0 Å². The van der Waals surface area contributed by atoms with Crippen LogP contribution in [0.3, 0.4) is 0 Å². The molecule has 0 aliphatic heterocycles. The van der Waals surface area contributed by atoms with Gasteiger partial charge in [-0.1, -0.05) is 102 Å². The molecule has 1 aliphatic carbocycles. The lowest BCUT2D eigenvalue weighted by Gasteiger charge is -2.71. The van der Waals surface area contributed by atoms with Crippen LogP contribution in [-0.4, -0.2) is 0 Å². The van der Waals surface area contributed by atoms with E-state index < -0.39 is 0 Å². The molecule has 3 unspecified atom stereocenters. The van der Waals surface area contributed by atoms with E-state index in [1.54, 1.807) is 0 Å². The van der Waals surface area contributed by atoms with E-state index in [4.69, 9.17) is 0 Å². The Morgan fingerprint density at radius 2 is 1.52 bits per heavy atom. The van der Waals surface area contributed by atoms with E-state index in [0.717, 1.165) is 5.92 Å². The van der Waals surface area contributed by atoms with Crippen LogP contribution in [0.1, 0.15) is 122 Å². The topological polar surface area (TPSA) is 0 Å². The van der Waals surface area contributed by atoms with Crippen molar-refractivity contribution in [1.29, 1.82) is 0 Å². The van der Waals surface area contributed by atoms with Gasteiger partial charge in [-0.2, -0.15) is 0 Å². The average molecular weight is 351 g/mol. The second-order valence-corrected chi connectivity index (χ2v) is 12.0. The Hall–Kier alpha value is 0. The van der Waals surface area contributed by atoms with E-state index in [0.29, 0.717) is 27.6 Å². The first kappa shape index (κ1) is 23.0. The van der Waals surface area contributed by atoms with Crippen LogP contribution in [0.4, 0.5) is 0 Å². The molecule has 0 nitrogen and oxygen atoms in total. The van der Waals surface area contributed by atoms with Crippen LogP contribution in [0, 0.1) is 38.9 Å². The molecule has 0 N–H and O–H groups in total. The molecule has 0 heteroatoms. The molecule has 1 fully saturated rings. The van der Waals surface area contributed by atoms with Gasteiger partial charge in [-0.05, 0) is 58.2 Å². The predicted octanol–water partition coefficient (Wildman–Crippen LogP) is 8.74. The summed E-state index contributed by atoms with van der Waals surface area (Å²) in [7, 11) is 0. The van der Waals surface area contributed by atoms with Crippen LogP contribution in [-0.2, 0) is 0 Å². The monoisotopic (exact) mass is 350 g/mol. The van der Waals surface area contributed by atoms with E-state index in [-0.39, 0.29) is 5.41 Å². The molecule has 0 saturated heterocycles. The fourth-order valence-corrected chi connectivity index (χ4v) is 8.78. The normalized spacial score (nSPS) is 30.8. The van der Waals surface area contributed by atoms with E-state index in [9.17, 15) is 0 Å². The van der Waals surface area contributed by atoms with Crippen molar-refractivity contribution < 1.29 is 0 Å². The Labute approximate surface area is 160 Å². The summed E-state index contributed by atoms with van der Waals surface area (Å²) in [5, 5.41) is 0. The van der Waals surface area contributed by atoms with Gasteiger partial charge in [-0.15, -0.1) is 0 Å². The van der Waals surface area contributed by atoms with Gasteiger partial charge < -0.3 is 0 Å². The number of hydrogen-bond acceptors (Lipinski definition) is 0. The van der Waals surface area contributed by atoms with Crippen molar-refractivity contribution in [2.24, 2.45) is 38.9 Å². The second kappa shape index (κ2) is 7.20. The molecule has 0 aromatic rings. The molecule has 1 aliphatic rings. The van der Waals surface area contributed by atoms with Gasteiger partial charge in [-0.25, -0.2) is 0 Å². The third kappa shape index (κ3) is 3.23. The summed E-state index contributed by atoms with van der Waals surface area (Å²) in [6.07, 6.45) is 8.17. The minimum Gasteiger partial charge on any atom is -0.0649 e. The van der Waals surface area contributed by atoms with Crippen LogP contribution < -0.4 is 0 Å². The molecule has 0 spiro atoms. The van der Waals surface area contributed by atoms with E-state index in [1.807, 2.05) is 0 Å². The Morgan fingerprint density at radius 1 is 1.00 bits per heavy atom. The highest BCUT2D eigenvalue weighted by atomic mass is 14.7. The van der Waals surface area contributed by atoms with Gasteiger partial charge in [0.2, 0.25) is 0 Å². The first-order valence-electron chi connectivity index (χ1n) is 11.2. The fourth-order valence-electron chi connectivity index (χ4n) is 8.78. The SMILES string of the molecule is CCC(C)(C)C(C(C)C)(C(C)(C)C)C1(CC)CCCC(C)CC1(C)C. The zero-order chi connectivity index (χ0) is 19.9. The van der Waals surface area contributed by atoms with Gasteiger partial charge in [0.25, 0.3) is 0 Å². The van der Waals surface area contributed by atoms with E-state index in [1.165, 1.54) is 38.5 Å². The Morgan fingerprint density at radius 3 is 1.88 bits per heavy atom. The first-order chi connectivity index (χ1) is 11.2. The zero-order valence-electron chi connectivity index (χ0n) is 19.9.